The number of carbonyl (C=O) groups is 1. The van der Waals surface area contributed by atoms with E-state index in [4.69, 9.17) is 0 Å². The van der Waals surface area contributed by atoms with Crippen molar-refractivity contribution in [2.24, 2.45) is 11.3 Å². The molecule has 3 aliphatic rings. The van der Waals surface area contributed by atoms with Crippen molar-refractivity contribution in [2.75, 3.05) is 6.54 Å². The van der Waals surface area contributed by atoms with Crippen LogP contribution >= 0.6 is 11.3 Å². The summed E-state index contributed by atoms with van der Waals surface area (Å²) in [5.41, 5.74) is 1.92. The number of phenols is 1. The Hall–Kier alpha value is -1.90. The fraction of sp³-hybridized carbons (Fsp3) is 0.560. The molecule has 2 fully saturated rings. The molecule has 1 aromatic carbocycles. The molecule has 1 saturated carbocycles. The lowest BCUT2D eigenvalue weighted by molar-refractivity contribution is -0.148. The Morgan fingerprint density at radius 2 is 1.97 bits per heavy atom. The number of fused-ring (bicyclic) bond motifs is 4. The number of carbonyl (C=O) groups excluding carboxylic acids is 1. The molecule has 1 saturated heterocycles. The smallest absolute Gasteiger partial charge is 0.250 e. The van der Waals surface area contributed by atoms with Crippen LogP contribution in [0.2, 0.25) is 0 Å². The number of benzene rings is 1. The van der Waals surface area contributed by atoms with Crippen molar-refractivity contribution in [1.29, 1.82) is 0 Å². The molecule has 8 heteroatoms. The summed E-state index contributed by atoms with van der Waals surface area (Å²) < 4.78 is 28.4. The van der Waals surface area contributed by atoms with Gasteiger partial charge in [0.15, 0.2) is 0 Å². The third-order valence-corrected chi connectivity index (χ3v) is 11.7. The van der Waals surface area contributed by atoms with Crippen LogP contribution in [0.5, 0.6) is 5.75 Å². The van der Waals surface area contributed by atoms with Gasteiger partial charge in [0.1, 0.15) is 9.96 Å². The minimum absolute atomic E-state index is 0.00594. The number of nitrogens with zero attached hydrogens (tertiary/aromatic N) is 1. The Morgan fingerprint density at radius 3 is 2.70 bits per heavy atom. The van der Waals surface area contributed by atoms with E-state index >= 15 is 0 Å². The molecule has 5 rings (SSSR count). The van der Waals surface area contributed by atoms with Gasteiger partial charge in [0, 0.05) is 30.0 Å². The Morgan fingerprint density at radius 1 is 1.18 bits per heavy atom. The summed E-state index contributed by atoms with van der Waals surface area (Å²) in [6, 6.07) is 8.91. The van der Waals surface area contributed by atoms with Gasteiger partial charge in [0.05, 0.1) is 0 Å². The zero-order chi connectivity index (χ0) is 23.6. The van der Waals surface area contributed by atoms with E-state index in [1.165, 1.54) is 16.9 Å². The van der Waals surface area contributed by atoms with Crippen LogP contribution in [0.1, 0.15) is 57.6 Å². The predicted molar refractivity (Wildman–Crippen MR) is 129 cm³/mol. The monoisotopic (exact) mass is 488 g/mol. The van der Waals surface area contributed by atoms with Crippen molar-refractivity contribution in [2.45, 2.75) is 74.6 Å². The maximum absolute atomic E-state index is 13.7. The molecule has 4 atom stereocenters. The summed E-state index contributed by atoms with van der Waals surface area (Å²) in [6.45, 7) is 7.46. The van der Waals surface area contributed by atoms with Crippen LogP contribution < -0.4 is 4.72 Å². The Labute approximate surface area is 200 Å². The molecular formula is C25H32N2O4S2. The summed E-state index contributed by atoms with van der Waals surface area (Å²) >= 11 is 1.20. The molecule has 1 unspecified atom stereocenters. The SMILES string of the molecule is CC1(C)[C@H]2Cc3c(O)cccc3[C@]1(C)CCN2C(=O)[C@@H]1CCC(NS(=O)(=O)c2cccs2)C1. The lowest BCUT2D eigenvalue weighted by atomic mass is 9.51. The minimum atomic E-state index is -3.54. The molecule has 178 valence electrons. The highest BCUT2D eigenvalue weighted by Crippen LogP contribution is 2.57. The molecule has 2 aromatic rings. The van der Waals surface area contributed by atoms with Crippen molar-refractivity contribution in [1.82, 2.24) is 9.62 Å². The van der Waals surface area contributed by atoms with Gasteiger partial charge in [0.2, 0.25) is 15.9 Å². The fourth-order valence-corrected chi connectivity index (χ4v) is 8.72. The molecule has 2 aliphatic carbocycles. The number of piperidine rings is 1. The van der Waals surface area contributed by atoms with Crippen molar-refractivity contribution >= 4 is 27.3 Å². The minimum Gasteiger partial charge on any atom is -0.508 e. The first-order valence-corrected chi connectivity index (χ1v) is 14.1. The highest BCUT2D eigenvalue weighted by atomic mass is 32.2. The third-order valence-electron chi connectivity index (χ3n) is 8.77. The number of hydrogen-bond donors (Lipinski definition) is 2. The molecule has 6 nitrogen and oxygen atoms in total. The number of nitrogens with one attached hydrogen (secondary N) is 1. The van der Waals surface area contributed by atoms with E-state index in [2.05, 4.69) is 31.6 Å². The second-order valence-corrected chi connectivity index (χ2v) is 13.5. The van der Waals surface area contributed by atoms with Crippen LogP contribution in [0.15, 0.2) is 39.9 Å². The lowest BCUT2D eigenvalue weighted by Crippen LogP contribution is -2.65. The van der Waals surface area contributed by atoms with Crippen LogP contribution in [-0.2, 0) is 26.7 Å². The molecule has 1 amide bonds. The van der Waals surface area contributed by atoms with Crippen molar-refractivity contribution in [3.63, 3.8) is 0 Å². The third kappa shape index (κ3) is 3.53. The number of amides is 1. The van der Waals surface area contributed by atoms with Gasteiger partial charge < -0.3 is 10.0 Å². The normalized spacial score (nSPS) is 30.8. The summed E-state index contributed by atoms with van der Waals surface area (Å²) in [5, 5.41) is 12.3. The Bertz CT molecular complexity index is 1180. The molecule has 0 spiro atoms. The fourth-order valence-electron chi connectivity index (χ4n) is 6.43. The van der Waals surface area contributed by atoms with Gasteiger partial charge >= 0.3 is 0 Å². The highest BCUT2D eigenvalue weighted by molar-refractivity contribution is 7.91. The number of hydrogen-bond acceptors (Lipinski definition) is 5. The standard InChI is InChI=1S/C25H32N2O4S2/c1-24(2)21-15-18-19(6-4-7-20(18)28)25(24,3)11-12-27(21)23(29)16-9-10-17(14-16)26-33(30,31)22-8-5-13-32-22/h4-8,13,16-17,21,26,28H,9-12,14-15H2,1-3H3/t16-,17?,21-,25+/m1/s1. The number of rotatable bonds is 4. The second kappa shape index (κ2) is 7.82. The quantitative estimate of drug-likeness (QED) is 0.680. The number of thiophene rings is 1. The van der Waals surface area contributed by atoms with Crippen LogP contribution in [0.3, 0.4) is 0 Å². The van der Waals surface area contributed by atoms with Gasteiger partial charge in [-0.2, -0.15) is 0 Å². The van der Waals surface area contributed by atoms with Gasteiger partial charge in [-0.3, -0.25) is 4.79 Å². The van der Waals surface area contributed by atoms with E-state index in [9.17, 15) is 18.3 Å². The van der Waals surface area contributed by atoms with Crippen LogP contribution in [-0.4, -0.2) is 43.0 Å². The summed E-state index contributed by atoms with van der Waals surface area (Å²) in [4.78, 5) is 15.8. The summed E-state index contributed by atoms with van der Waals surface area (Å²) in [6.07, 6.45) is 3.40. The molecule has 33 heavy (non-hydrogen) atoms. The number of aromatic hydroxyl groups is 1. The lowest BCUT2D eigenvalue weighted by Gasteiger charge is -2.61. The van der Waals surface area contributed by atoms with Crippen molar-refractivity contribution < 1.29 is 18.3 Å². The first-order valence-electron chi connectivity index (χ1n) is 11.7. The Balaban J connectivity index is 1.35. The highest BCUT2D eigenvalue weighted by Gasteiger charge is 2.57. The number of sulfonamides is 1. The first kappa shape index (κ1) is 22.9. The van der Waals surface area contributed by atoms with Crippen molar-refractivity contribution in [3.8, 4) is 5.75 Å². The van der Waals surface area contributed by atoms with E-state index in [0.717, 1.165) is 12.0 Å². The number of likely N-dealkylation sites (tertiary alicyclic amines) is 1. The van der Waals surface area contributed by atoms with Gasteiger partial charge in [0.25, 0.3) is 0 Å². The Kier molecular flexibility index (Phi) is 5.42. The van der Waals surface area contributed by atoms with E-state index in [0.29, 0.717) is 42.2 Å². The second-order valence-electron chi connectivity index (χ2n) is 10.6. The zero-order valence-electron chi connectivity index (χ0n) is 19.4. The molecule has 2 heterocycles. The molecular weight excluding hydrogens is 456 g/mol. The van der Waals surface area contributed by atoms with E-state index < -0.39 is 10.0 Å². The van der Waals surface area contributed by atoms with Gasteiger partial charge in [-0.25, -0.2) is 13.1 Å². The van der Waals surface area contributed by atoms with Gasteiger partial charge in [-0.05, 0) is 66.2 Å². The van der Waals surface area contributed by atoms with E-state index in [1.54, 1.807) is 23.6 Å². The van der Waals surface area contributed by atoms with Gasteiger partial charge in [-0.1, -0.05) is 39.0 Å². The largest absolute Gasteiger partial charge is 0.508 e. The average molecular weight is 489 g/mol. The van der Waals surface area contributed by atoms with E-state index in [-0.39, 0.29) is 34.7 Å². The van der Waals surface area contributed by atoms with Crippen LogP contribution in [0, 0.1) is 11.3 Å². The maximum atomic E-state index is 13.7. The average Bonchev–Trinajstić information content (AvgIpc) is 3.43. The summed E-state index contributed by atoms with van der Waals surface area (Å²) in [5.74, 6) is 0.274. The summed E-state index contributed by atoms with van der Waals surface area (Å²) in [7, 11) is -3.54. The molecule has 0 radical (unpaired) electrons. The van der Waals surface area contributed by atoms with E-state index in [1.807, 2.05) is 11.0 Å². The zero-order valence-corrected chi connectivity index (χ0v) is 21.0. The first-order chi connectivity index (χ1) is 15.5. The topological polar surface area (TPSA) is 86.7 Å². The predicted octanol–water partition coefficient (Wildman–Crippen LogP) is 4.04. The number of phenolic OH excluding ortho intramolecular Hbond substituents is 1. The molecule has 1 aliphatic heterocycles. The van der Waals surface area contributed by atoms with Crippen molar-refractivity contribution in [3.05, 3.63) is 46.8 Å². The molecule has 2 bridgehead atoms. The maximum Gasteiger partial charge on any atom is 0.250 e. The molecule has 1 aromatic heterocycles. The van der Waals surface area contributed by atoms with Crippen LogP contribution in [0.25, 0.3) is 0 Å². The van der Waals surface area contributed by atoms with Gasteiger partial charge in [-0.15, -0.1) is 11.3 Å². The van der Waals surface area contributed by atoms with Crippen LogP contribution in [0.4, 0.5) is 0 Å². The molecule has 2 N–H and O–H groups in total.